The van der Waals surface area contributed by atoms with E-state index >= 15 is 0 Å². The number of aryl methyl sites for hydroxylation is 1. The normalized spacial score (nSPS) is 10.3. The summed E-state index contributed by atoms with van der Waals surface area (Å²) >= 11 is 0. The number of aromatic nitrogens is 2. The summed E-state index contributed by atoms with van der Waals surface area (Å²) in [6, 6.07) is 4.37. The molecule has 0 aliphatic heterocycles. The number of aromatic amines is 1. The number of methoxy groups -OCH3 is 1. The molecule has 0 spiro atoms. The Bertz CT molecular complexity index is 479. The van der Waals surface area contributed by atoms with Crippen LogP contribution in [0.1, 0.15) is 5.69 Å². The van der Waals surface area contributed by atoms with Gasteiger partial charge in [-0.15, -0.1) is 0 Å². The molecule has 0 radical (unpaired) electrons. The Labute approximate surface area is 86.9 Å². The Kier molecular flexibility index (Phi) is 2.41. The van der Waals surface area contributed by atoms with Gasteiger partial charge in [0, 0.05) is 18.0 Å². The summed E-state index contributed by atoms with van der Waals surface area (Å²) in [6.45, 7) is 1.91. The van der Waals surface area contributed by atoms with Crippen LogP contribution in [0.25, 0.3) is 11.4 Å². The first-order valence-electron chi connectivity index (χ1n) is 4.56. The Hall–Kier alpha value is -1.84. The van der Waals surface area contributed by atoms with Gasteiger partial charge in [0.25, 0.3) is 0 Å². The first-order chi connectivity index (χ1) is 7.20. The molecule has 0 saturated carbocycles. The summed E-state index contributed by atoms with van der Waals surface area (Å²) in [7, 11) is 1.51. The highest BCUT2D eigenvalue weighted by atomic mass is 19.1. The van der Waals surface area contributed by atoms with E-state index in [1.165, 1.54) is 19.2 Å². The van der Waals surface area contributed by atoms with Crippen LogP contribution >= 0.6 is 0 Å². The highest BCUT2D eigenvalue weighted by molar-refractivity contribution is 5.64. The molecule has 0 aliphatic rings. The number of hydrogen-bond donors (Lipinski definition) is 1. The average molecular weight is 206 g/mol. The van der Waals surface area contributed by atoms with E-state index in [-0.39, 0.29) is 5.82 Å². The molecule has 0 aliphatic carbocycles. The SMILES string of the molecule is COc1cc(F)ccc1-c1ncc(C)[nH]1. The summed E-state index contributed by atoms with van der Waals surface area (Å²) in [4.78, 5) is 7.24. The molecule has 0 amide bonds. The molecular weight excluding hydrogens is 195 g/mol. The molecule has 0 atom stereocenters. The highest BCUT2D eigenvalue weighted by Crippen LogP contribution is 2.28. The highest BCUT2D eigenvalue weighted by Gasteiger charge is 2.09. The molecule has 2 rings (SSSR count). The monoisotopic (exact) mass is 206 g/mol. The molecular formula is C11H11FN2O. The van der Waals surface area contributed by atoms with Gasteiger partial charge in [0.1, 0.15) is 17.4 Å². The lowest BCUT2D eigenvalue weighted by Gasteiger charge is -2.05. The van der Waals surface area contributed by atoms with Gasteiger partial charge < -0.3 is 9.72 Å². The van der Waals surface area contributed by atoms with Crippen LogP contribution in [-0.2, 0) is 0 Å². The van der Waals surface area contributed by atoms with Gasteiger partial charge in [0.05, 0.1) is 12.7 Å². The van der Waals surface area contributed by atoms with Crippen molar-refractivity contribution < 1.29 is 9.13 Å². The van der Waals surface area contributed by atoms with E-state index in [0.29, 0.717) is 11.6 Å². The zero-order valence-corrected chi connectivity index (χ0v) is 8.54. The van der Waals surface area contributed by atoms with Gasteiger partial charge in [0.2, 0.25) is 0 Å². The summed E-state index contributed by atoms with van der Waals surface area (Å²) < 4.78 is 18.0. The van der Waals surface area contributed by atoms with Gasteiger partial charge >= 0.3 is 0 Å². The lowest BCUT2D eigenvalue weighted by Crippen LogP contribution is -1.90. The molecule has 4 heteroatoms. The summed E-state index contributed by atoms with van der Waals surface area (Å²) in [6.07, 6.45) is 1.72. The lowest BCUT2D eigenvalue weighted by atomic mass is 10.2. The van der Waals surface area contributed by atoms with Crippen LogP contribution in [0, 0.1) is 12.7 Å². The zero-order chi connectivity index (χ0) is 10.8. The van der Waals surface area contributed by atoms with Gasteiger partial charge in [-0.25, -0.2) is 9.37 Å². The smallest absolute Gasteiger partial charge is 0.141 e. The largest absolute Gasteiger partial charge is 0.496 e. The van der Waals surface area contributed by atoms with Crippen LogP contribution in [0.2, 0.25) is 0 Å². The molecule has 1 aromatic carbocycles. The topological polar surface area (TPSA) is 37.9 Å². The van der Waals surface area contributed by atoms with Gasteiger partial charge in [-0.2, -0.15) is 0 Å². The molecule has 0 saturated heterocycles. The minimum atomic E-state index is -0.320. The van der Waals surface area contributed by atoms with E-state index in [0.717, 1.165) is 11.3 Å². The molecule has 0 bridgehead atoms. The molecule has 15 heavy (non-hydrogen) atoms. The Balaban J connectivity index is 2.52. The first-order valence-corrected chi connectivity index (χ1v) is 4.56. The second-order valence-corrected chi connectivity index (χ2v) is 3.26. The van der Waals surface area contributed by atoms with Crippen molar-refractivity contribution >= 4 is 0 Å². The number of halogens is 1. The van der Waals surface area contributed by atoms with E-state index in [1.807, 2.05) is 6.92 Å². The van der Waals surface area contributed by atoms with Gasteiger partial charge in [0.15, 0.2) is 0 Å². The Morgan fingerprint density at radius 1 is 1.40 bits per heavy atom. The van der Waals surface area contributed by atoms with E-state index in [2.05, 4.69) is 9.97 Å². The van der Waals surface area contributed by atoms with Crippen LogP contribution < -0.4 is 4.74 Å². The van der Waals surface area contributed by atoms with Crippen molar-refractivity contribution in [2.24, 2.45) is 0 Å². The average Bonchev–Trinajstić information content (AvgIpc) is 2.64. The zero-order valence-electron chi connectivity index (χ0n) is 8.54. The van der Waals surface area contributed by atoms with Crippen molar-refractivity contribution in [3.63, 3.8) is 0 Å². The third-order valence-corrected chi connectivity index (χ3v) is 2.12. The van der Waals surface area contributed by atoms with Crippen LogP contribution in [0.5, 0.6) is 5.75 Å². The van der Waals surface area contributed by atoms with E-state index in [1.54, 1.807) is 12.3 Å². The van der Waals surface area contributed by atoms with Crippen molar-refractivity contribution in [3.8, 4) is 17.1 Å². The lowest BCUT2D eigenvalue weighted by molar-refractivity contribution is 0.412. The first kappa shape index (κ1) is 9.71. The fraction of sp³-hybridized carbons (Fsp3) is 0.182. The summed E-state index contributed by atoms with van der Waals surface area (Å²) in [5.41, 5.74) is 1.71. The number of imidazole rings is 1. The van der Waals surface area contributed by atoms with Crippen LogP contribution in [-0.4, -0.2) is 17.1 Å². The van der Waals surface area contributed by atoms with Crippen molar-refractivity contribution in [3.05, 3.63) is 35.9 Å². The van der Waals surface area contributed by atoms with Crippen molar-refractivity contribution in [1.29, 1.82) is 0 Å². The fourth-order valence-corrected chi connectivity index (χ4v) is 1.41. The summed E-state index contributed by atoms with van der Waals surface area (Å²) in [5.74, 6) is 0.840. The Morgan fingerprint density at radius 3 is 2.80 bits per heavy atom. The molecule has 1 N–H and O–H groups in total. The standard InChI is InChI=1S/C11H11FN2O/c1-7-6-13-11(14-7)9-4-3-8(12)5-10(9)15-2/h3-6H,1-2H3,(H,13,14). The molecule has 3 nitrogen and oxygen atoms in total. The number of rotatable bonds is 2. The number of nitrogens with zero attached hydrogens (tertiary/aromatic N) is 1. The predicted octanol–water partition coefficient (Wildman–Crippen LogP) is 2.53. The molecule has 2 aromatic rings. The van der Waals surface area contributed by atoms with Crippen LogP contribution in [0.15, 0.2) is 24.4 Å². The third-order valence-electron chi connectivity index (χ3n) is 2.12. The number of hydrogen-bond acceptors (Lipinski definition) is 2. The number of nitrogens with one attached hydrogen (secondary N) is 1. The minimum absolute atomic E-state index is 0.320. The maximum atomic E-state index is 12.9. The number of H-pyrrole nitrogens is 1. The maximum Gasteiger partial charge on any atom is 0.141 e. The van der Waals surface area contributed by atoms with E-state index in [9.17, 15) is 4.39 Å². The molecule has 78 valence electrons. The van der Waals surface area contributed by atoms with Crippen LogP contribution in [0.4, 0.5) is 4.39 Å². The maximum absolute atomic E-state index is 12.9. The third kappa shape index (κ3) is 1.83. The Morgan fingerprint density at radius 2 is 2.20 bits per heavy atom. The van der Waals surface area contributed by atoms with Crippen molar-refractivity contribution in [1.82, 2.24) is 9.97 Å². The minimum Gasteiger partial charge on any atom is -0.496 e. The van der Waals surface area contributed by atoms with Crippen molar-refractivity contribution in [2.75, 3.05) is 7.11 Å². The van der Waals surface area contributed by atoms with Crippen molar-refractivity contribution in [2.45, 2.75) is 6.92 Å². The molecule has 1 heterocycles. The van der Waals surface area contributed by atoms with E-state index < -0.39 is 0 Å². The molecule has 0 fully saturated rings. The molecule has 0 unspecified atom stereocenters. The molecule has 1 aromatic heterocycles. The quantitative estimate of drug-likeness (QED) is 0.819. The van der Waals surface area contributed by atoms with Gasteiger partial charge in [-0.3, -0.25) is 0 Å². The van der Waals surface area contributed by atoms with E-state index in [4.69, 9.17) is 4.74 Å². The number of benzene rings is 1. The van der Waals surface area contributed by atoms with Crippen LogP contribution in [0.3, 0.4) is 0 Å². The van der Waals surface area contributed by atoms with Gasteiger partial charge in [-0.1, -0.05) is 0 Å². The van der Waals surface area contributed by atoms with Gasteiger partial charge in [-0.05, 0) is 19.1 Å². The number of ether oxygens (including phenoxy) is 1. The fourth-order valence-electron chi connectivity index (χ4n) is 1.41. The summed E-state index contributed by atoms with van der Waals surface area (Å²) in [5, 5.41) is 0. The second kappa shape index (κ2) is 3.73. The predicted molar refractivity (Wildman–Crippen MR) is 55.3 cm³/mol. The second-order valence-electron chi connectivity index (χ2n) is 3.26.